The minimum atomic E-state index is 0.371. The molecule has 0 atom stereocenters. The zero-order valence-electron chi connectivity index (χ0n) is 10.3. The van der Waals surface area contributed by atoms with Crippen LogP contribution in [0.1, 0.15) is 45.6 Å². The summed E-state index contributed by atoms with van der Waals surface area (Å²) in [5.41, 5.74) is 1.08. The van der Waals surface area contributed by atoms with E-state index in [1.165, 1.54) is 6.42 Å². The Hall–Kier alpha value is -0.280. The topological polar surface area (TPSA) is 25.8 Å². The Morgan fingerprint density at radius 2 is 1.94 bits per heavy atom. The maximum atomic E-state index is 6.10. The van der Waals surface area contributed by atoms with Crippen LogP contribution in [0.2, 0.25) is 5.15 Å². The first-order valence-electron chi connectivity index (χ1n) is 5.65. The van der Waals surface area contributed by atoms with Gasteiger partial charge in [-0.05, 0) is 24.0 Å². The molecule has 0 aromatic carbocycles. The normalized spacial score (nSPS) is 11.4. The Bertz CT molecular complexity index is 340. The van der Waals surface area contributed by atoms with E-state index in [-0.39, 0.29) is 0 Å². The van der Waals surface area contributed by atoms with Gasteiger partial charge in [-0.2, -0.15) is 0 Å². The molecule has 0 aliphatic heterocycles. The third-order valence-corrected chi connectivity index (χ3v) is 3.65. The molecule has 4 heteroatoms. The molecule has 0 bridgehead atoms. The van der Waals surface area contributed by atoms with Gasteiger partial charge in [-0.3, -0.25) is 0 Å². The van der Waals surface area contributed by atoms with Gasteiger partial charge in [0.05, 0.1) is 0 Å². The van der Waals surface area contributed by atoms with E-state index in [0.29, 0.717) is 11.1 Å². The van der Waals surface area contributed by atoms with Crippen LogP contribution in [-0.4, -0.2) is 15.7 Å². The molecule has 0 aliphatic rings. The van der Waals surface area contributed by atoms with Gasteiger partial charge in [-0.25, -0.2) is 9.97 Å². The van der Waals surface area contributed by atoms with E-state index in [0.717, 1.165) is 22.3 Å². The molecule has 0 saturated carbocycles. The van der Waals surface area contributed by atoms with Crippen LogP contribution in [-0.2, 0) is 0 Å². The summed E-state index contributed by atoms with van der Waals surface area (Å²) in [6.07, 6.45) is 2.75. The zero-order valence-corrected chi connectivity index (χ0v) is 11.9. The maximum Gasteiger partial charge on any atom is 0.137 e. The molecule has 16 heavy (non-hydrogen) atoms. The predicted octanol–water partition coefficient (Wildman–Crippen LogP) is 4.39. The van der Waals surface area contributed by atoms with Crippen molar-refractivity contribution in [2.75, 3.05) is 5.75 Å². The fourth-order valence-corrected chi connectivity index (χ4v) is 3.15. The highest BCUT2D eigenvalue weighted by Gasteiger charge is 2.13. The molecule has 0 spiro atoms. The van der Waals surface area contributed by atoms with Crippen LogP contribution < -0.4 is 0 Å². The Morgan fingerprint density at radius 1 is 1.25 bits per heavy atom. The van der Waals surface area contributed by atoms with Crippen molar-refractivity contribution in [2.24, 2.45) is 5.92 Å². The minimum absolute atomic E-state index is 0.371. The average Bonchev–Trinajstić information content (AvgIpc) is 2.16. The molecule has 1 aromatic rings. The minimum Gasteiger partial charge on any atom is -0.230 e. The number of nitrogens with zero attached hydrogens (tertiary/aromatic N) is 2. The van der Waals surface area contributed by atoms with Crippen molar-refractivity contribution in [1.82, 2.24) is 9.97 Å². The molecule has 0 amide bonds. The van der Waals surface area contributed by atoms with Crippen molar-refractivity contribution < 1.29 is 0 Å². The number of aromatic nitrogens is 2. The van der Waals surface area contributed by atoms with Gasteiger partial charge in [0.15, 0.2) is 0 Å². The third kappa shape index (κ3) is 3.95. The molecule has 1 heterocycles. The second kappa shape index (κ2) is 6.45. The number of hydrogen-bond donors (Lipinski definition) is 0. The van der Waals surface area contributed by atoms with Crippen molar-refractivity contribution in [3.05, 3.63) is 17.0 Å². The Labute approximate surface area is 107 Å². The third-order valence-electron chi connectivity index (χ3n) is 2.31. The summed E-state index contributed by atoms with van der Waals surface area (Å²) in [5, 5.41) is 1.63. The van der Waals surface area contributed by atoms with Crippen LogP contribution in [0.5, 0.6) is 0 Å². The lowest BCUT2D eigenvalue weighted by Gasteiger charge is -2.12. The van der Waals surface area contributed by atoms with Gasteiger partial charge in [-0.15, -0.1) is 11.8 Å². The standard InChI is InChI=1S/C12H19ClN2S/c1-8(2)5-6-16-12-10(9(3)4)11(13)14-7-15-12/h7-9H,5-6H2,1-4H3. The Balaban J connectivity index is 2.75. The van der Waals surface area contributed by atoms with Gasteiger partial charge in [-0.1, -0.05) is 39.3 Å². The lowest BCUT2D eigenvalue weighted by atomic mass is 10.1. The van der Waals surface area contributed by atoms with E-state index < -0.39 is 0 Å². The largest absolute Gasteiger partial charge is 0.230 e. The van der Waals surface area contributed by atoms with E-state index in [9.17, 15) is 0 Å². The van der Waals surface area contributed by atoms with Gasteiger partial charge >= 0.3 is 0 Å². The average molecular weight is 259 g/mol. The number of hydrogen-bond acceptors (Lipinski definition) is 3. The predicted molar refractivity (Wildman–Crippen MR) is 71.3 cm³/mol. The molecule has 0 N–H and O–H groups in total. The molecule has 1 aromatic heterocycles. The zero-order chi connectivity index (χ0) is 12.1. The quantitative estimate of drug-likeness (QED) is 0.579. The van der Waals surface area contributed by atoms with E-state index >= 15 is 0 Å². The lowest BCUT2D eigenvalue weighted by Crippen LogP contribution is -1.99. The van der Waals surface area contributed by atoms with Crippen LogP contribution in [0, 0.1) is 5.92 Å². The summed E-state index contributed by atoms with van der Waals surface area (Å²) in [7, 11) is 0. The number of rotatable bonds is 5. The first-order valence-corrected chi connectivity index (χ1v) is 7.02. The first-order chi connectivity index (χ1) is 7.52. The van der Waals surface area contributed by atoms with Gasteiger partial charge in [0.1, 0.15) is 16.5 Å². The van der Waals surface area contributed by atoms with Crippen molar-refractivity contribution in [1.29, 1.82) is 0 Å². The van der Waals surface area contributed by atoms with Crippen LogP contribution in [0.25, 0.3) is 0 Å². The summed E-state index contributed by atoms with van der Waals surface area (Å²) >= 11 is 7.88. The molecule has 0 saturated heterocycles. The highest BCUT2D eigenvalue weighted by Crippen LogP contribution is 2.31. The SMILES string of the molecule is CC(C)CCSc1ncnc(Cl)c1C(C)C. The number of halogens is 1. The first kappa shape index (κ1) is 13.8. The van der Waals surface area contributed by atoms with Crippen molar-refractivity contribution in [3.63, 3.8) is 0 Å². The summed E-state index contributed by atoms with van der Waals surface area (Å²) < 4.78 is 0. The summed E-state index contributed by atoms with van der Waals surface area (Å²) in [4.78, 5) is 8.37. The fourth-order valence-electron chi connectivity index (χ4n) is 1.35. The van der Waals surface area contributed by atoms with Crippen molar-refractivity contribution >= 4 is 23.4 Å². The highest BCUT2D eigenvalue weighted by atomic mass is 35.5. The van der Waals surface area contributed by atoms with E-state index in [1.807, 2.05) is 0 Å². The molecule has 2 nitrogen and oxygen atoms in total. The second-order valence-corrected chi connectivity index (χ2v) is 6.01. The maximum absolute atomic E-state index is 6.10. The highest BCUT2D eigenvalue weighted by molar-refractivity contribution is 7.99. The molecule has 1 rings (SSSR count). The van der Waals surface area contributed by atoms with Crippen LogP contribution in [0.3, 0.4) is 0 Å². The van der Waals surface area contributed by atoms with Gasteiger partial charge < -0.3 is 0 Å². The van der Waals surface area contributed by atoms with Crippen molar-refractivity contribution in [2.45, 2.75) is 45.1 Å². The van der Waals surface area contributed by atoms with Gasteiger partial charge in [0.2, 0.25) is 0 Å². The molecule has 0 aliphatic carbocycles. The van der Waals surface area contributed by atoms with Crippen LogP contribution in [0.15, 0.2) is 11.4 Å². The Morgan fingerprint density at radius 3 is 2.50 bits per heavy atom. The molecule has 0 radical (unpaired) electrons. The van der Waals surface area contributed by atoms with Crippen molar-refractivity contribution in [3.8, 4) is 0 Å². The summed E-state index contributed by atoms with van der Waals surface area (Å²) in [6.45, 7) is 8.71. The lowest BCUT2D eigenvalue weighted by molar-refractivity contribution is 0.631. The number of thioether (sulfide) groups is 1. The summed E-state index contributed by atoms with van der Waals surface area (Å²) in [6, 6.07) is 0. The monoisotopic (exact) mass is 258 g/mol. The molecule has 90 valence electrons. The Kier molecular flexibility index (Phi) is 5.56. The second-order valence-electron chi connectivity index (χ2n) is 4.57. The molecular weight excluding hydrogens is 240 g/mol. The van der Waals surface area contributed by atoms with E-state index in [1.54, 1.807) is 18.1 Å². The molecular formula is C12H19ClN2S. The smallest absolute Gasteiger partial charge is 0.137 e. The molecule has 0 fully saturated rings. The fraction of sp³-hybridized carbons (Fsp3) is 0.667. The van der Waals surface area contributed by atoms with E-state index in [2.05, 4.69) is 37.7 Å². The van der Waals surface area contributed by atoms with Crippen LogP contribution in [0.4, 0.5) is 0 Å². The van der Waals surface area contributed by atoms with Crippen LogP contribution >= 0.6 is 23.4 Å². The van der Waals surface area contributed by atoms with Gasteiger partial charge in [0, 0.05) is 5.56 Å². The summed E-state index contributed by atoms with van der Waals surface area (Å²) in [5.74, 6) is 2.19. The molecule has 0 unspecified atom stereocenters. The van der Waals surface area contributed by atoms with E-state index in [4.69, 9.17) is 11.6 Å². The van der Waals surface area contributed by atoms with Gasteiger partial charge in [0.25, 0.3) is 0 Å².